The average molecular weight is 254 g/mol. The molecule has 3 N–H and O–H groups in total. The van der Waals surface area contributed by atoms with Gasteiger partial charge in [-0.3, -0.25) is 0 Å². The van der Waals surface area contributed by atoms with Gasteiger partial charge >= 0.3 is 0 Å². The third kappa shape index (κ3) is 4.85. The predicted molar refractivity (Wildman–Crippen MR) is 70.9 cm³/mol. The highest BCUT2D eigenvalue weighted by molar-refractivity contribution is 5.39. The standard InChI is InChI=1S/C12H22N4O2/c1-4-18-12-7-11(14-9(2)15-12)16-10(8-13)5-6-17-3/h7,10H,4-6,8,13H2,1-3H3,(H,14,15,16). The first-order valence-corrected chi connectivity index (χ1v) is 6.13. The van der Waals surface area contributed by atoms with E-state index in [0.29, 0.717) is 31.5 Å². The van der Waals surface area contributed by atoms with E-state index in [1.807, 2.05) is 13.8 Å². The summed E-state index contributed by atoms with van der Waals surface area (Å²) in [5, 5.41) is 3.27. The molecule has 0 saturated heterocycles. The summed E-state index contributed by atoms with van der Waals surface area (Å²) < 4.78 is 10.4. The van der Waals surface area contributed by atoms with E-state index in [0.717, 1.165) is 12.2 Å². The lowest BCUT2D eigenvalue weighted by Crippen LogP contribution is -2.30. The lowest BCUT2D eigenvalue weighted by Gasteiger charge is -2.17. The van der Waals surface area contributed by atoms with Gasteiger partial charge in [0.05, 0.1) is 6.61 Å². The van der Waals surface area contributed by atoms with Crippen LogP contribution in [-0.2, 0) is 4.74 Å². The van der Waals surface area contributed by atoms with Crippen molar-refractivity contribution in [2.24, 2.45) is 5.73 Å². The van der Waals surface area contributed by atoms with Gasteiger partial charge in [0.2, 0.25) is 5.88 Å². The summed E-state index contributed by atoms with van der Waals surface area (Å²) in [7, 11) is 1.68. The Morgan fingerprint density at radius 1 is 1.44 bits per heavy atom. The third-order valence-electron chi connectivity index (χ3n) is 2.41. The molecule has 1 aromatic heterocycles. The van der Waals surface area contributed by atoms with Gasteiger partial charge in [0, 0.05) is 32.4 Å². The van der Waals surface area contributed by atoms with E-state index < -0.39 is 0 Å². The van der Waals surface area contributed by atoms with Crippen molar-refractivity contribution < 1.29 is 9.47 Å². The minimum atomic E-state index is 0.133. The minimum Gasteiger partial charge on any atom is -0.478 e. The SMILES string of the molecule is CCOc1cc(NC(CN)CCOC)nc(C)n1. The van der Waals surface area contributed by atoms with E-state index in [1.54, 1.807) is 13.2 Å². The first-order chi connectivity index (χ1) is 8.69. The van der Waals surface area contributed by atoms with E-state index in [2.05, 4.69) is 15.3 Å². The van der Waals surface area contributed by atoms with Crippen LogP contribution in [0.25, 0.3) is 0 Å². The molecule has 6 heteroatoms. The van der Waals surface area contributed by atoms with E-state index in [9.17, 15) is 0 Å². The van der Waals surface area contributed by atoms with E-state index in [-0.39, 0.29) is 6.04 Å². The molecule has 0 spiro atoms. The minimum absolute atomic E-state index is 0.133. The van der Waals surface area contributed by atoms with Crippen LogP contribution in [0.15, 0.2) is 6.07 Å². The summed E-state index contributed by atoms with van der Waals surface area (Å²) in [6.07, 6.45) is 0.833. The Morgan fingerprint density at radius 3 is 2.83 bits per heavy atom. The number of nitrogens with two attached hydrogens (primary N) is 1. The van der Waals surface area contributed by atoms with Crippen molar-refractivity contribution in [3.05, 3.63) is 11.9 Å². The fraction of sp³-hybridized carbons (Fsp3) is 0.667. The molecule has 0 radical (unpaired) electrons. The van der Waals surface area contributed by atoms with Crippen LogP contribution in [0.3, 0.4) is 0 Å². The Bertz CT molecular complexity index is 360. The fourth-order valence-electron chi connectivity index (χ4n) is 1.55. The van der Waals surface area contributed by atoms with E-state index in [4.69, 9.17) is 15.2 Å². The molecule has 1 atom stereocenters. The summed E-state index contributed by atoms with van der Waals surface area (Å²) in [4.78, 5) is 8.50. The molecule has 102 valence electrons. The number of ether oxygens (including phenoxy) is 2. The first-order valence-electron chi connectivity index (χ1n) is 6.13. The summed E-state index contributed by atoms with van der Waals surface area (Å²) in [5.41, 5.74) is 5.70. The Morgan fingerprint density at radius 2 is 2.22 bits per heavy atom. The maximum atomic E-state index is 5.70. The number of rotatable bonds is 8. The molecule has 1 rings (SSSR count). The molecule has 6 nitrogen and oxygen atoms in total. The number of anilines is 1. The second-order valence-electron chi connectivity index (χ2n) is 3.93. The van der Waals surface area contributed by atoms with Crippen molar-refractivity contribution in [3.8, 4) is 5.88 Å². The molecule has 1 heterocycles. The quantitative estimate of drug-likeness (QED) is 0.719. The van der Waals surface area contributed by atoms with Crippen molar-refractivity contribution in [2.75, 3.05) is 32.2 Å². The number of nitrogens with one attached hydrogen (secondary N) is 1. The van der Waals surface area contributed by atoms with E-state index in [1.165, 1.54) is 0 Å². The maximum absolute atomic E-state index is 5.70. The van der Waals surface area contributed by atoms with Gasteiger partial charge in [-0.2, -0.15) is 4.98 Å². The largest absolute Gasteiger partial charge is 0.478 e. The number of aryl methyl sites for hydroxylation is 1. The smallest absolute Gasteiger partial charge is 0.218 e. The van der Waals surface area contributed by atoms with Gasteiger partial charge in [-0.05, 0) is 20.3 Å². The highest BCUT2D eigenvalue weighted by Crippen LogP contribution is 2.14. The Kier molecular flexibility index (Phi) is 6.38. The number of aromatic nitrogens is 2. The molecule has 1 aromatic rings. The molecule has 0 bridgehead atoms. The van der Waals surface area contributed by atoms with Crippen LogP contribution in [-0.4, -0.2) is 42.9 Å². The third-order valence-corrected chi connectivity index (χ3v) is 2.41. The Labute approximate surface area is 108 Å². The van der Waals surface area contributed by atoms with Crippen LogP contribution < -0.4 is 15.8 Å². The molecule has 0 saturated carbocycles. The highest BCUT2D eigenvalue weighted by Gasteiger charge is 2.09. The normalized spacial score (nSPS) is 12.2. The van der Waals surface area contributed by atoms with Crippen LogP contribution in [0.4, 0.5) is 5.82 Å². The van der Waals surface area contributed by atoms with Gasteiger partial charge < -0.3 is 20.5 Å². The van der Waals surface area contributed by atoms with Gasteiger partial charge in [-0.15, -0.1) is 0 Å². The molecule has 0 aliphatic carbocycles. The molecule has 18 heavy (non-hydrogen) atoms. The van der Waals surface area contributed by atoms with Crippen molar-refractivity contribution in [3.63, 3.8) is 0 Å². The number of hydrogen-bond acceptors (Lipinski definition) is 6. The van der Waals surface area contributed by atoms with Crippen LogP contribution in [0.1, 0.15) is 19.2 Å². The van der Waals surface area contributed by atoms with Crippen LogP contribution in [0.5, 0.6) is 5.88 Å². The first kappa shape index (κ1) is 14.7. The zero-order valence-corrected chi connectivity index (χ0v) is 11.3. The molecular weight excluding hydrogens is 232 g/mol. The summed E-state index contributed by atoms with van der Waals surface area (Å²) in [6, 6.07) is 1.92. The lowest BCUT2D eigenvalue weighted by molar-refractivity contribution is 0.190. The summed E-state index contributed by atoms with van der Waals surface area (Å²) in [6.45, 7) is 5.53. The van der Waals surface area contributed by atoms with Crippen LogP contribution >= 0.6 is 0 Å². The monoisotopic (exact) mass is 254 g/mol. The Balaban J connectivity index is 2.69. The van der Waals surface area contributed by atoms with Crippen molar-refractivity contribution in [1.82, 2.24) is 9.97 Å². The number of methoxy groups -OCH3 is 1. The van der Waals surface area contributed by atoms with Crippen molar-refractivity contribution in [1.29, 1.82) is 0 Å². The second kappa shape index (κ2) is 7.84. The van der Waals surface area contributed by atoms with Gasteiger partial charge in [-0.1, -0.05) is 0 Å². The average Bonchev–Trinajstić information content (AvgIpc) is 2.34. The number of nitrogens with zero attached hydrogens (tertiary/aromatic N) is 2. The molecular formula is C12H22N4O2. The fourth-order valence-corrected chi connectivity index (χ4v) is 1.55. The van der Waals surface area contributed by atoms with Crippen molar-refractivity contribution in [2.45, 2.75) is 26.3 Å². The zero-order valence-electron chi connectivity index (χ0n) is 11.3. The molecule has 0 aromatic carbocycles. The van der Waals surface area contributed by atoms with E-state index >= 15 is 0 Å². The van der Waals surface area contributed by atoms with Gasteiger partial charge in [0.15, 0.2) is 0 Å². The summed E-state index contributed by atoms with van der Waals surface area (Å²) in [5.74, 6) is 1.98. The molecule has 0 aliphatic heterocycles. The number of hydrogen-bond donors (Lipinski definition) is 2. The van der Waals surface area contributed by atoms with Gasteiger partial charge in [-0.25, -0.2) is 4.98 Å². The molecule has 0 fully saturated rings. The highest BCUT2D eigenvalue weighted by atomic mass is 16.5. The van der Waals surface area contributed by atoms with Crippen molar-refractivity contribution >= 4 is 5.82 Å². The predicted octanol–water partition coefficient (Wildman–Crippen LogP) is 0.959. The second-order valence-corrected chi connectivity index (χ2v) is 3.93. The zero-order chi connectivity index (χ0) is 13.4. The van der Waals surface area contributed by atoms with Crippen LogP contribution in [0.2, 0.25) is 0 Å². The Hall–Kier alpha value is -1.40. The topological polar surface area (TPSA) is 82.3 Å². The molecule has 0 aliphatic rings. The molecule has 1 unspecified atom stereocenters. The lowest BCUT2D eigenvalue weighted by atomic mass is 10.2. The maximum Gasteiger partial charge on any atom is 0.218 e. The van der Waals surface area contributed by atoms with Gasteiger partial charge in [0.25, 0.3) is 0 Å². The van der Waals surface area contributed by atoms with Gasteiger partial charge in [0.1, 0.15) is 11.6 Å². The van der Waals surface area contributed by atoms with Crippen LogP contribution in [0, 0.1) is 6.92 Å². The summed E-state index contributed by atoms with van der Waals surface area (Å²) >= 11 is 0. The molecule has 0 amide bonds.